The number of aliphatic hydroxyl groups excluding tert-OH is 8. The fraction of sp³-hybridized carbons (Fsp3) is 0.400. The molecule has 15 heteroatoms. The Morgan fingerprint density at radius 1 is 0.600 bits per heavy atom. The molecule has 2 aliphatic rings. The van der Waals surface area contributed by atoms with Gasteiger partial charge in [-0.15, -0.1) is 0 Å². The van der Waals surface area contributed by atoms with Crippen molar-refractivity contribution < 1.29 is 64.9 Å². The molecule has 9 N–H and O–H groups in total. The largest absolute Gasteiger partial charge is 0.497 e. The van der Waals surface area contributed by atoms with Crippen LogP contribution >= 0.6 is 23.2 Å². The Morgan fingerprint density at radius 3 is 1.60 bits per heavy atom. The molecule has 0 radical (unpaired) electrons. The molecule has 0 aromatic heterocycles. The Bertz CT molecular complexity index is 1840. The lowest BCUT2D eigenvalue weighted by molar-refractivity contribution is -0.357. The molecule has 0 saturated carbocycles. The maximum absolute atomic E-state index is 10.9. The van der Waals surface area contributed by atoms with Crippen molar-refractivity contribution in [2.24, 2.45) is 0 Å². The van der Waals surface area contributed by atoms with Gasteiger partial charge in [-0.2, -0.15) is 0 Å². The van der Waals surface area contributed by atoms with Crippen LogP contribution in [0.4, 0.5) is 0 Å². The van der Waals surface area contributed by atoms with E-state index in [0.29, 0.717) is 34.0 Å². The van der Waals surface area contributed by atoms with E-state index in [2.05, 4.69) is 0 Å². The highest BCUT2D eigenvalue weighted by atomic mass is 35.5. The SMILES string of the molecule is COc1ccc(Cc2cc([C@@H]3O[C@H](CO)[C@@H](O)[C@H](O)[C@H]3O)ccc2Cl)cc1.COc1ccc(Cc2cc([C@]3(O)O[C@H](CO)[C@@H](O)[C@H](O)[C@H]3O)ccc2Cl)cc1. The average molecular weight is 806 g/mol. The molecule has 2 saturated heterocycles. The minimum Gasteiger partial charge on any atom is -0.497 e. The van der Waals surface area contributed by atoms with Crippen LogP contribution < -0.4 is 9.47 Å². The maximum atomic E-state index is 10.9. The molecule has 55 heavy (non-hydrogen) atoms. The van der Waals surface area contributed by atoms with Crippen molar-refractivity contribution in [3.8, 4) is 11.5 Å². The van der Waals surface area contributed by atoms with Crippen LogP contribution in [0.2, 0.25) is 10.0 Å². The molecule has 2 heterocycles. The van der Waals surface area contributed by atoms with Gasteiger partial charge in [0, 0.05) is 15.6 Å². The fourth-order valence-corrected chi connectivity index (χ4v) is 6.90. The number of halogens is 2. The molecule has 0 spiro atoms. The molecule has 0 unspecified atom stereocenters. The van der Waals surface area contributed by atoms with Gasteiger partial charge in [0.1, 0.15) is 66.4 Å². The first kappa shape index (κ1) is 42.8. The van der Waals surface area contributed by atoms with Crippen LogP contribution in [0, 0.1) is 0 Å². The molecule has 2 aliphatic heterocycles. The van der Waals surface area contributed by atoms with E-state index in [1.165, 1.54) is 6.07 Å². The monoisotopic (exact) mass is 804 g/mol. The summed E-state index contributed by atoms with van der Waals surface area (Å²) >= 11 is 12.6. The number of benzene rings is 4. The molecule has 13 nitrogen and oxygen atoms in total. The third-order valence-corrected chi connectivity index (χ3v) is 10.6. The van der Waals surface area contributed by atoms with Crippen LogP contribution in [0.15, 0.2) is 84.9 Å². The molecule has 10 atom stereocenters. The Labute approximate surface area is 328 Å². The number of hydrogen-bond donors (Lipinski definition) is 9. The van der Waals surface area contributed by atoms with Crippen molar-refractivity contribution in [3.05, 3.63) is 128 Å². The summed E-state index contributed by atoms with van der Waals surface area (Å²) in [4.78, 5) is 0. The fourth-order valence-electron chi connectivity index (χ4n) is 6.54. The van der Waals surface area contributed by atoms with Gasteiger partial charge in [0.15, 0.2) is 0 Å². The second-order valence-electron chi connectivity index (χ2n) is 13.4. The third kappa shape index (κ3) is 9.60. The Kier molecular flexibility index (Phi) is 14.5. The lowest BCUT2D eigenvalue weighted by Crippen LogP contribution is -2.63. The van der Waals surface area contributed by atoms with Crippen LogP contribution in [-0.2, 0) is 28.1 Å². The summed E-state index contributed by atoms with van der Waals surface area (Å²) in [6.45, 7) is -1.10. The van der Waals surface area contributed by atoms with E-state index >= 15 is 0 Å². The molecule has 4 aromatic carbocycles. The van der Waals surface area contributed by atoms with Gasteiger partial charge in [-0.25, -0.2) is 0 Å². The first-order chi connectivity index (χ1) is 26.2. The van der Waals surface area contributed by atoms with E-state index in [4.69, 9.17) is 42.1 Å². The molecule has 4 aromatic rings. The molecule has 6 rings (SSSR count). The standard InChI is InChI=1S/C20H23ClO7.C20H23ClO6/c1-27-14-5-2-11(3-6-14)8-12-9-13(4-7-15(12)21)20(26)19(25)18(24)17(23)16(10-22)28-20;1-26-14-5-2-11(3-6-14)8-13-9-12(4-7-15(13)21)20-19(25)18(24)17(23)16(10-22)27-20/h2-7,9,16-19,22-26H,8,10H2,1H3;2-7,9,16-20,22-25H,8,10H2,1H3/t2*16-,17-,18+,19-,20+/m11/s1. The summed E-state index contributed by atoms with van der Waals surface area (Å²) in [6.07, 6.45) is -11.3. The van der Waals surface area contributed by atoms with Crippen molar-refractivity contribution in [2.75, 3.05) is 27.4 Å². The maximum Gasteiger partial charge on any atom is 0.222 e. The number of methoxy groups -OCH3 is 2. The summed E-state index contributed by atoms with van der Waals surface area (Å²) in [5.41, 5.74) is 4.23. The van der Waals surface area contributed by atoms with Gasteiger partial charge in [-0.3, -0.25) is 0 Å². The molecule has 2 fully saturated rings. The van der Waals surface area contributed by atoms with Crippen molar-refractivity contribution in [2.45, 2.75) is 73.6 Å². The number of aliphatic hydroxyl groups is 9. The van der Waals surface area contributed by atoms with Gasteiger partial charge < -0.3 is 64.9 Å². The Morgan fingerprint density at radius 2 is 1.09 bits per heavy atom. The van der Waals surface area contributed by atoms with Crippen LogP contribution in [0.5, 0.6) is 11.5 Å². The van der Waals surface area contributed by atoms with E-state index in [9.17, 15) is 46.0 Å². The predicted molar refractivity (Wildman–Crippen MR) is 201 cm³/mol. The van der Waals surface area contributed by atoms with E-state index in [1.807, 2.05) is 48.5 Å². The Balaban J connectivity index is 0.000000211. The average Bonchev–Trinajstić information content (AvgIpc) is 3.20. The zero-order valence-corrected chi connectivity index (χ0v) is 31.5. The van der Waals surface area contributed by atoms with Crippen LogP contribution in [0.1, 0.15) is 39.5 Å². The second-order valence-corrected chi connectivity index (χ2v) is 14.2. The van der Waals surface area contributed by atoms with E-state index in [-0.39, 0.29) is 5.56 Å². The molecular weight excluding hydrogens is 759 g/mol. The molecule has 0 aliphatic carbocycles. The van der Waals surface area contributed by atoms with Gasteiger partial charge in [-0.05, 0) is 83.1 Å². The quantitative estimate of drug-likeness (QED) is 0.112. The molecular formula is C40H46Cl2O13. The summed E-state index contributed by atoms with van der Waals surface area (Å²) in [7, 11) is 3.19. The highest BCUT2D eigenvalue weighted by Crippen LogP contribution is 2.38. The topological polar surface area (TPSA) is 219 Å². The van der Waals surface area contributed by atoms with Gasteiger partial charge in [0.25, 0.3) is 0 Å². The summed E-state index contributed by atoms with van der Waals surface area (Å²) in [5, 5.41) is 91.2. The van der Waals surface area contributed by atoms with E-state index < -0.39 is 73.9 Å². The molecule has 298 valence electrons. The number of rotatable bonds is 10. The zero-order valence-electron chi connectivity index (χ0n) is 30.0. The van der Waals surface area contributed by atoms with Crippen molar-refractivity contribution in [1.82, 2.24) is 0 Å². The molecule has 0 amide bonds. The van der Waals surface area contributed by atoms with Gasteiger partial charge >= 0.3 is 0 Å². The predicted octanol–water partition coefficient (Wildman–Crippen LogP) is 2.01. The van der Waals surface area contributed by atoms with E-state index in [1.54, 1.807) is 44.6 Å². The minimum absolute atomic E-state index is 0.150. The summed E-state index contributed by atoms with van der Waals surface area (Å²) < 4.78 is 21.3. The number of ether oxygens (including phenoxy) is 4. The highest BCUT2D eigenvalue weighted by molar-refractivity contribution is 6.31. The summed E-state index contributed by atoms with van der Waals surface area (Å²) in [5.74, 6) is -0.829. The smallest absolute Gasteiger partial charge is 0.222 e. The van der Waals surface area contributed by atoms with Crippen molar-refractivity contribution in [1.29, 1.82) is 0 Å². The lowest BCUT2D eigenvalue weighted by atomic mass is 9.87. The van der Waals surface area contributed by atoms with Gasteiger partial charge in [-0.1, -0.05) is 65.7 Å². The minimum atomic E-state index is -2.31. The molecule has 0 bridgehead atoms. The first-order valence-corrected chi connectivity index (χ1v) is 18.2. The summed E-state index contributed by atoms with van der Waals surface area (Å²) in [6, 6.07) is 24.8. The van der Waals surface area contributed by atoms with E-state index in [0.717, 1.165) is 28.2 Å². The second kappa shape index (κ2) is 18.7. The third-order valence-electron chi connectivity index (χ3n) is 9.82. The lowest BCUT2D eigenvalue weighted by Gasteiger charge is -2.45. The van der Waals surface area contributed by atoms with Crippen molar-refractivity contribution in [3.63, 3.8) is 0 Å². The van der Waals surface area contributed by atoms with Crippen molar-refractivity contribution >= 4 is 23.2 Å². The zero-order chi connectivity index (χ0) is 40.0. The number of hydrogen-bond acceptors (Lipinski definition) is 13. The normalized spacial score (nSPS) is 29.2. The van der Waals surface area contributed by atoms with Gasteiger partial charge in [0.05, 0.1) is 27.4 Å². The first-order valence-electron chi connectivity index (χ1n) is 17.4. The Hall–Kier alpha value is -3.38. The van der Waals surface area contributed by atoms with Crippen LogP contribution in [0.3, 0.4) is 0 Å². The highest BCUT2D eigenvalue weighted by Gasteiger charge is 2.53. The van der Waals surface area contributed by atoms with Crippen LogP contribution in [-0.4, -0.2) is 122 Å². The van der Waals surface area contributed by atoms with Gasteiger partial charge in [0.2, 0.25) is 5.79 Å². The van der Waals surface area contributed by atoms with Crippen LogP contribution in [0.25, 0.3) is 0 Å².